The van der Waals surface area contributed by atoms with Crippen molar-refractivity contribution < 1.29 is 4.79 Å². The second-order valence-corrected chi connectivity index (χ2v) is 8.58. The van der Waals surface area contributed by atoms with Crippen LogP contribution in [0.5, 0.6) is 0 Å². The highest BCUT2D eigenvalue weighted by Crippen LogP contribution is 2.36. The molecule has 0 aliphatic heterocycles. The summed E-state index contributed by atoms with van der Waals surface area (Å²) in [6.07, 6.45) is 0.705. The summed E-state index contributed by atoms with van der Waals surface area (Å²) in [7, 11) is 0. The van der Waals surface area contributed by atoms with Crippen LogP contribution in [-0.2, 0) is 10.2 Å². The fourth-order valence-corrected chi connectivity index (χ4v) is 4.03. The van der Waals surface area contributed by atoms with E-state index < -0.39 is 5.41 Å². The average molecular weight is 480 g/mol. The number of benzene rings is 2. The van der Waals surface area contributed by atoms with Gasteiger partial charge in [0, 0.05) is 10.5 Å². The minimum absolute atomic E-state index is 0.290. The third-order valence-electron chi connectivity index (χ3n) is 4.96. The number of alkyl halides is 1. The molecule has 0 saturated carbocycles. The van der Waals surface area contributed by atoms with Gasteiger partial charge in [-0.05, 0) is 29.4 Å². The van der Waals surface area contributed by atoms with Gasteiger partial charge in [0.25, 0.3) is 0 Å². The fourth-order valence-electron chi connectivity index (χ4n) is 3.22. The van der Waals surface area contributed by atoms with E-state index in [1.165, 1.54) is 0 Å². The number of halogens is 1. The van der Waals surface area contributed by atoms with Gasteiger partial charge in [0.05, 0.1) is 5.41 Å². The Morgan fingerprint density at radius 1 is 0.889 bits per heavy atom. The van der Waals surface area contributed by atoms with E-state index in [2.05, 4.69) is 50.3 Å². The van der Waals surface area contributed by atoms with Crippen LogP contribution in [0.2, 0.25) is 0 Å². The predicted octanol–water partition coefficient (Wildman–Crippen LogP) is 4.91. The van der Waals surface area contributed by atoms with Crippen LogP contribution in [0.15, 0.2) is 60.7 Å². The third kappa shape index (κ3) is 6.32. The number of rotatable bonds is 7. The minimum Gasteiger partial charge on any atom is -0.369 e. The van der Waals surface area contributed by atoms with E-state index in [1.807, 2.05) is 60.7 Å². The Bertz CT molecular complexity index is 624. The van der Waals surface area contributed by atoms with Crippen molar-refractivity contribution in [3.05, 3.63) is 71.8 Å². The molecule has 0 aromatic heterocycles. The smallest absolute Gasteiger partial charge is 0.232 e. The second kappa shape index (κ2) is 11.4. The van der Waals surface area contributed by atoms with Gasteiger partial charge in [-0.1, -0.05) is 111 Å². The SMILES string of the molecule is CC(C)C(N)C(C)C.NC(=O)C(CCI)(c1ccccc1)c1ccccc1. The highest BCUT2D eigenvalue weighted by Gasteiger charge is 2.39. The molecule has 0 bridgehead atoms. The molecule has 4 N–H and O–H groups in total. The zero-order chi connectivity index (χ0) is 20.4. The van der Waals surface area contributed by atoms with E-state index in [1.54, 1.807) is 0 Å². The zero-order valence-corrected chi connectivity index (χ0v) is 19.0. The first kappa shape index (κ1) is 23.6. The van der Waals surface area contributed by atoms with Crippen LogP contribution in [0.25, 0.3) is 0 Å². The van der Waals surface area contributed by atoms with Crippen LogP contribution in [0, 0.1) is 11.8 Å². The lowest BCUT2D eigenvalue weighted by Crippen LogP contribution is -2.42. The summed E-state index contributed by atoms with van der Waals surface area (Å²) in [4.78, 5) is 12.2. The Hall–Kier alpha value is -1.40. The summed E-state index contributed by atoms with van der Waals surface area (Å²) in [6.45, 7) is 8.63. The van der Waals surface area contributed by atoms with Crippen molar-refractivity contribution in [2.75, 3.05) is 4.43 Å². The Kier molecular flexibility index (Phi) is 10.0. The summed E-state index contributed by atoms with van der Waals surface area (Å²) < 4.78 is 0.866. The van der Waals surface area contributed by atoms with Crippen LogP contribution < -0.4 is 11.5 Å². The van der Waals surface area contributed by atoms with Crippen molar-refractivity contribution in [2.45, 2.75) is 45.6 Å². The predicted molar refractivity (Wildman–Crippen MR) is 124 cm³/mol. The lowest BCUT2D eigenvalue weighted by molar-refractivity contribution is -0.122. The normalized spacial score (nSPS) is 11.4. The lowest BCUT2D eigenvalue weighted by atomic mass is 9.72. The standard InChI is InChI=1S/C16H16INO.C7H17N/c17-12-11-16(15(18)19,13-7-3-1-4-8-13)14-9-5-2-6-10-14;1-5(2)7(8)6(3)4/h1-10H,11-12H2,(H2,18,19);5-7H,8H2,1-4H3. The molecule has 2 rings (SSSR count). The first-order chi connectivity index (χ1) is 12.8. The molecule has 0 fully saturated rings. The number of carbonyl (C=O) groups is 1. The number of nitrogens with two attached hydrogens (primary N) is 2. The van der Waals surface area contributed by atoms with Gasteiger partial charge in [-0.3, -0.25) is 4.79 Å². The van der Waals surface area contributed by atoms with Crippen molar-refractivity contribution in [2.24, 2.45) is 23.3 Å². The van der Waals surface area contributed by atoms with Gasteiger partial charge in [-0.2, -0.15) is 0 Å². The molecule has 0 saturated heterocycles. The van der Waals surface area contributed by atoms with E-state index >= 15 is 0 Å². The molecule has 0 aliphatic rings. The van der Waals surface area contributed by atoms with E-state index in [0.717, 1.165) is 15.6 Å². The number of amides is 1. The summed E-state index contributed by atoms with van der Waals surface area (Å²) in [5.74, 6) is 0.951. The van der Waals surface area contributed by atoms with Gasteiger partial charge in [-0.25, -0.2) is 0 Å². The Balaban J connectivity index is 0.000000387. The molecule has 0 aliphatic carbocycles. The summed E-state index contributed by atoms with van der Waals surface area (Å²) in [6, 6.07) is 20.0. The van der Waals surface area contributed by atoms with Crippen LogP contribution >= 0.6 is 22.6 Å². The van der Waals surface area contributed by atoms with Gasteiger partial charge >= 0.3 is 0 Å². The van der Waals surface area contributed by atoms with Crippen molar-refractivity contribution in [1.29, 1.82) is 0 Å². The van der Waals surface area contributed by atoms with Crippen molar-refractivity contribution >= 4 is 28.5 Å². The number of carbonyl (C=O) groups excluding carboxylic acids is 1. The van der Waals surface area contributed by atoms with Crippen LogP contribution in [0.3, 0.4) is 0 Å². The van der Waals surface area contributed by atoms with Crippen molar-refractivity contribution in [3.8, 4) is 0 Å². The third-order valence-corrected chi connectivity index (χ3v) is 5.50. The number of hydrogen-bond acceptors (Lipinski definition) is 2. The molecule has 0 unspecified atom stereocenters. The Morgan fingerprint density at radius 2 is 1.26 bits per heavy atom. The van der Waals surface area contributed by atoms with Crippen LogP contribution in [0.4, 0.5) is 0 Å². The molecule has 0 radical (unpaired) electrons. The van der Waals surface area contributed by atoms with Gasteiger partial charge in [0.2, 0.25) is 5.91 Å². The number of hydrogen-bond donors (Lipinski definition) is 2. The zero-order valence-electron chi connectivity index (χ0n) is 16.9. The number of primary amides is 1. The van der Waals surface area contributed by atoms with Crippen molar-refractivity contribution in [1.82, 2.24) is 0 Å². The first-order valence-corrected chi connectivity index (χ1v) is 11.0. The maximum atomic E-state index is 12.2. The van der Waals surface area contributed by atoms with E-state index in [9.17, 15) is 4.79 Å². The lowest BCUT2D eigenvalue weighted by Gasteiger charge is -2.31. The first-order valence-electron chi connectivity index (χ1n) is 9.49. The minimum atomic E-state index is -0.732. The Morgan fingerprint density at radius 3 is 1.48 bits per heavy atom. The summed E-state index contributed by atoms with van der Waals surface area (Å²) in [5.41, 5.74) is 12.7. The fraction of sp³-hybridized carbons (Fsp3) is 0.435. The molecular weight excluding hydrogens is 447 g/mol. The van der Waals surface area contributed by atoms with Gasteiger partial charge in [-0.15, -0.1) is 0 Å². The Labute approximate surface area is 178 Å². The highest BCUT2D eigenvalue weighted by atomic mass is 127. The topological polar surface area (TPSA) is 69.1 Å². The van der Waals surface area contributed by atoms with Crippen molar-refractivity contribution in [3.63, 3.8) is 0 Å². The monoisotopic (exact) mass is 480 g/mol. The molecule has 0 spiro atoms. The van der Waals surface area contributed by atoms with E-state index in [4.69, 9.17) is 11.5 Å². The van der Waals surface area contributed by atoms with E-state index in [0.29, 0.717) is 24.3 Å². The maximum absolute atomic E-state index is 12.2. The highest BCUT2D eigenvalue weighted by molar-refractivity contribution is 14.1. The van der Waals surface area contributed by atoms with Gasteiger partial charge in [0.15, 0.2) is 0 Å². The van der Waals surface area contributed by atoms with E-state index in [-0.39, 0.29) is 5.91 Å². The molecule has 1 amide bonds. The maximum Gasteiger partial charge on any atom is 0.232 e. The molecular formula is C23H33IN2O. The molecule has 2 aromatic carbocycles. The average Bonchev–Trinajstić information content (AvgIpc) is 2.67. The molecule has 2 aromatic rings. The molecule has 3 nitrogen and oxygen atoms in total. The second-order valence-electron chi connectivity index (χ2n) is 7.51. The molecule has 27 heavy (non-hydrogen) atoms. The van der Waals surface area contributed by atoms with Gasteiger partial charge in [0.1, 0.15) is 0 Å². The van der Waals surface area contributed by atoms with Crippen LogP contribution in [0.1, 0.15) is 45.2 Å². The molecule has 4 heteroatoms. The molecule has 0 heterocycles. The molecule has 0 atom stereocenters. The summed E-state index contributed by atoms with van der Waals surface area (Å²) >= 11 is 2.29. The van der Waals surface area contributed by atoms with Crippen LogP contribution in [-0.4, -0.2) is 16.4 Å². The quantitative estimate of drug-likeness (QED) is 0.437. The largest absolute Gasteiger partial charge is 0.369 e. The summed E-state index contributed by atoms with van der Waals surface area (Å²) in [5, 5.41) is 0. The molecule has 148 valence electrons. The van der Waals surface area contributed by atoms with Gasteiger partial charge < -0.3 is 11.5 Å².